The van der Waals surface area contributed by atoms with Crippen molar-refractivity contribution in [3.8, 4) is 0 Å². The maximum atomic E-state index is 10.1. The number of hydrogen-bond acceptors (Lipinski definition) is 2. The van der Waals surface area contributed by atoms with Gasteiger partial charge < -0.3 is 0 Å². The van der Waals surface area contributed by atoms with Crippen LogP contribution in [-0.4, -0.2) is 4.98 Å². The Labute approximate surface area is 61.4 Å². The van der Waals surface area contributed by atoms with Crippen molar-refractivity contribution in [3.05, 3.63) is 23.4 Å². The first kappa shape index (κ1) is 6.58. The first-order valence-electron chi connectivity index (χ1n) is 2.24. The molecule has 0 atom stereocenters. The van der Waals surface area contributed by atoms with Gasteiger partial charge in [-0.2, -0.15) is 4.98 Å². The first-order valence-corrected chi connectivity index (χ1v) is 3.36. The highest BCUT2D eigenvalue weighted by Crippen LogP contribution is 2.05. The predicted molar refractivity (Wildman–Crippen MR) is 35.6 cm³/mol. The average Bonchev–Trinajstić information content (AvgIpc) is 1.90. The fourth-order valence-electron chi connectivity index (χ4n) is 0.412. The molecule has 0 bridgehead atoms. The summed E-state index contributed by atoms with van der Waals surface area (Å²) in [6.07, 6.45) is 1.45. The van der Waals surface area contributed by atoms with Crippen LogP contribution in [0.4, 0.5) is 0 Å². The highest BCUT2D eigenvalue weighted by molar-refractivity contribution is 7.65. The maximum Gasteiger partial charge on any atom is 0.527 e. The Morgan fingerprint density at radius 1 is 1.56 bits per heavy atom. The van der Waals surface area contributed by atoms with Crippen LogP contribution < -0.4 is 0 Å². The molecule has 0 aliphatic rings. The fraction of sp³-hybridized carbons (Fsp3) is 0. The molecule has 4 heteroatoms. The Balaban J connectivity index is 3.01. The van der Waals surface area contributed by atoms with Crippen LogP contribution in [0.25, 0.3) is 0 Å². The Hall–Kier alpha value is -0.540. The third-order valence-electron chi connectivity index (χ3n) is 0.786. The molecule has 0 fully saturated rings. The van der Waals surface area contributed by atoms with E-state index in [1.165, 1.54) is 6.20 Å². The molecule has 1 aromatic heterocycles. The van der Waals surface area contributed by atoms with Gasteiger partial charge in [-0.3, -0.25) is 0 Å². The summed E-state index contributed by atoms with van der Waals surface area (Å²) < 4.78 is 10.1. The summed E-state index contributed by atoms with van der Waals surface area (Å²) in [6.45, 7) is 0. The van der Waals surface area contributed by atoms with E-state index >= 15 is 0 Å². The standard InChI is InChI=1S/C5H3ClNOS/c6-4-1-2-5(9-8)7-3-4/h1-3H/q+1. The number of nitrogens with zero attached hydrogens (tertiary/aromatic N) is 1. The normalized spacial score (nSPS) is 9.00. The van der Waals surface area contributed by atoms with Gasteiger partial charge in [0.2, 0.25) is 0 Å². The van der Waals surface area contributed by atoms with Crippen LogP contribution >= 0.6 is 11.6 Å². The van der Waals surface area contributed by atoms with E-state index in [2.05, 4.69) is 4.98 Å². The van der Waals surface area contributed by atoms with Crippen LogP contribution in [-0.2, 0) is 15.9 Å². The van der Waals surface area contributed by atoms with Gasteiger partial charge in [-0.15, -0.1) is 0 Å². The molecular weight excluding hydrogens is 158 g/mol. The van der Waals surface area contributed by atoms with Crippen LogP contribution in [0, 0.1) is 0 Å². The van der Waals surface area contributed by atoms with E-state index in [9.17, 15) is 4.21 Å². The van der Waals surface area contributed by atoms with Gasteiger partial charge >= 0.3 is 16.7 Å². The molecule has 1 heterocycles. The van der Waals surface area contributed by atoms with Gasteiger partial charge in [0.15, 0.2) is 0 Å². The van der Waals surface area contributed by atoms with Crippen LogP contribution in [0.5, 0.6) is 0 Å². The number of aromatic nitrogens is 1. The van der Waals surface area contributed by atoms with E-state index in [-0.39, 0.29) is 0 Å². The summed E-state index contributed by atoms with van der Waals surface area (Å²) in [5, 5.41) is 0.993. The second-order valence-electron chi connectivity index (χ2n) is 1.40. The number of halogens is 1. The molecule has 2 nitrogen and oxygen atoms in total. The highest BCUT2D eigenvalue weighted by Gasteiger charge is 2.04. The monoisotopic (exact) mass is 160 g/mol. The lowest BCUT2D eigenvalue weighted by Crippen LogP contribution is -1.77. The van der Waals surface area contributed by atoms with Crippen molar-refractivity contribution in [1.29, 1.82) is 0 Å². The third kappa shape index (κ3) is 1.69. The molecule has 1 aromatic rings. The lowest BCUT2D eigenvalue weighted by molar-refractivity contribution is 0.603. The Kier molecular flexibility index (Phi) is 2.08. The molecule has 0 spiro atoms. The van der Waals surface area contributed by atoms with Crippen molar-refractivity contribution in [2.24, 2.45) is 0 Å². The van der Waals surface area contributed by atoms with Crippen LogP contribution in [0.1, 0.15) is 0 Å². The number of rotatable bonds is 1. The van der Waals surface area contributed by atoms with Gasteiger partial charge in [0.05, 0.1) is 11.2 Å². The molecule has 0 amide bonds. The largest absolute Gasteiger partial charge is 0.527 e. The summed E-state index contributed by atoms with van der Waals surface area (Å²) in [4.78, 5) is 3.72. The second kappa shape index (κ2) is 2.85. The van der Waals surface area contributed by atoms with Crippen molar-refractivity contribution in [1.82, 2.24) is 4.98 Å². The van der Waals surface area contributed by atoms with E-state index in [4.69, 9.17) is 11.6 Å². The van der Waals surface area contributed by atoms with Crippen molar-refractivity contribution < 1.29 is 4.21 Å². The molecule has 0 aromatic carbocycles. The number of hydrogen-bond donors (Lipinski definition) is 0. The molecule has 9 heavy (non-hydrogen) atoms. The Morgan fingerprint density at radius 3 is 2.78 bits per heavy atom. The van der Waals surface area contributed by atoms with Crippen LogP contribution in [0.3, 0.4) is 0 Å². The third-order valence-corrected chi connectivity index (χ3v) is 1.42. The second-order valence-corrected chi connectivity index (χ2v) is 2.42. The van der Waals surface area contributed by atoms with Gasteiger partial charge in [0.1, 0.15) is 0 Å². The predicted octanol–water partition coefficient (Wildman–Crippen LogP) is 1.52. The first-order chi connectivity index (χ1) is 4.33. The fourth-order valence-corrected chi connectivity index (χ4v) is 0.743. The lowest BCUT2D eigenvalue weighted by atomic mass is 10.5. The lowest BCUT2D eigenvalue weighted by Gasteiger charge is -1.79. The van der Waals surface area contributed by atoms with Crippen LogP contribution in [0.2, 0.25) is 5.02 Å². The highest BCUT2D eigenvalue weighted by atomic mass is 35.5. The summed E-state index contributed by atoms with van der Waals surface area (Å²) in [5.41, 5.74) is 0. The van der Waals surface area contributed by atoms with Gasteiger partial charge in [-0.05, 0) is 6.07 Å². The minimum Gasteiger partial charge on any atom is -0.196 e. The summed E-state index contributed by atoms with van der Waals surface area (Å²) in [5.74, 6) is 0. The Bertz CT molecular complexity index is 211. The summed E-state index contributed by atoms with van der Waals surface area (Å²) in [7, 11) is 0. The molecule has 0 N–H and O–H groups in total. The number of pyridine rings is 1. The van der Waals surface area contributed by atoms with E-state index in [0.717, 1.165) is 0 Å². The van der Waals surface area contributed by atoms with Gasteiger partial charge in [-0.1, -0.05) is 11.6 Å². The van der Waals surface area contributed by atoms with Gasteiger partial charge in [0, 0.05) is 10.3 Å². The molecule has 0 unspecified atom stereocenters. The summed E-state index contributed by atoms with van der Waals surface area (Å²) in [6, 6.07) is 3.22. The zero-order valence-corrected chi connectivity index (χ0v) is 5.95. The molecule has 46 valence electrons. The zero-order valence-electron chi connectivity index (χ0n) is 4.37. The molecular formula is C5H3ClNOS+. The molecule has 0 saturated heterocycles. The molecule has 0 radical (unpaired) electrons. The quantitative estimate of drug-likeness (QED) is 0.583. The summed E-state index contributed by atoms with van der Waals surface area (Å²) >= 11 is 5.85. The van der Waals surface area contributed by atoms with Crippen molar-refractivity contribution in [2.75, 3.05) is 0 Å². The van der Waals surface area contributed by atoms with E-state index in [1.807, 2.05) is 0 Å². The zero-order chi connectivity index (χ0) is 6.69. The molecule has 0 saturated carbocycles. The SMILES string of the molecule is O=[S+]c1ccc(Cl)cn1. The van der Waals surface area contributed by atoms with E-state index in [1.54, 1.807) is 12.1 Å². The minimum atomic E-state index is 0.358. The average molecular weight is 161 g/mol. The minimum absolute atomic E-state index is 0.358. The topological polar surface area (TPSA) is 30.0 Å². The van der Waals surface area contributed by atoms with E-state index in [0.29, 0.717) is 21.7 Å². The van der Waals surface area contributed by atoms with Crippen molar-refractivity contribution in [3.63, 3.8) is 0 Å². The molecule has 0 aliphatic heterocycles. The van der Waals surface area contributed by atoms with E-state index < -0.39 is 0 Å². The molecule has 1 rings (SSSR count). The smallest absolute Gasteiger partial charge is 0.196 e. The maximum absolute atomic E-state index is 10.1. The van der Waals surface area contributed by atoms with Gasteiger partial charge in [0.25, 0.3) is 0 Å². The van der Waals surface area contributed by atoms with Crippen molar-refractivity contribution >= 4 is 23.3 Å². The Morgan fingerprint density at radius 2 is 2.33 bits per heavy atom. The van der Waals surface area contributed by atoms with Crippen LogP contribution in [0.15, 0.2) is 23.4 Å². The van der Waals surface area contributed by atoms with Gasteiger partial charge in [-0.25, -0.2) is 0 Å². The molecule has 0 aliphatic carbocycles. The van der Waals surface area contributed by atoms with Crippen molar-refractivity contribution in [2.45, 2.75) is 5.03 Å².